The second kappa shape index (κ2) is 4.77. The van der Waals surface area contributed by atoms with Crippen LogP contribution in [0.1, 0.15) is 12.1 Å². The van der Waals surface area contributed by atoms with Crippen LogP contribution >= 0.6 is 11.6 Å². The number of nitrogens with one attached hydrogen (secondary N) is 1. The molecule has 0 saturated heterocycles. The van der Waals surface area contributed by atoms with Gasteiger partial charge in [-0.1, -0.05) is 17.7 Å². The summed E-state index contributed by atoms with van der Waals surface area (Å²) in [4.78, 5) is 15.2. The van der Waals surface area contributed by atoms with E-state index in [1.165, 1.54) is 0 Å². The number of hydrogen-bond acceptors (Lipinski definition) is 2. The Morgan fingerprint density at radius 3 is 3.00 bits per heavy atom. The highest BCUT2D eigenvalue weighted by molar-refractivity contribution is 6.29. The molecule has 1 aromatic heterocycles. The fourth-order valence-corrected chi connectivity index (χ4v) is 1.18. The lowest BCUT2D eigenvalue weighted by Crippen LogP contribution is -2.11. The standard InChI is InChI=1S/C10H11ClN2O/c1-3-4-10(14)13-8-5-6-9(11)12-7(8)2/h3,5-6H,1,4H2,2H3,(H,13,14). The van der Waals surface area contributed by atoms with Gasteiger partial charge in [0.2, 0.25) is 5.91 Å². The molecule has 74 valence electrons. The molecule has 0 aliphatic heterocycles. The molecule has 1 amide bonds. The maximum absolute atomic E-state index is 11.2. The minimum Gasteiger partial charge on any atom is -0.324 e. The van der Waals surface area contributed by atoms with Crippen molar-refractivity contribution in [3.05, 3.63) is 35.6 Å². The second-order valence-corrected chi connectivity index (χ2v) is 3.20. The quantitative estimate of drug-likeness (QED) is 0.616. The van der Waals surface area contributed by atoms with Crippen LogP contribution in [0.2, 0.25) is 5.15 Å². The molecule has 0 bridgehead atoms. The normalized spacial score (nSPS) is 9.57. The highest BCUT2D eigenvalue weighted by atomic mass is 35.5. The summed E-state index contributed by atoms with van der Waals surface area (Å²) in [6, 6.07) is 3.36. The molecule has 0 aliphatic rings. The molecule has 3 nitrogen and oxygen atoms in total. The summed E-state index contributed by atoms with van der Waals surface area (Å²) in [6.07, 6.45) is 1.84. The van der Waals surface area contributed by atoms with Gasteiger partial charge >= 0.3 is 0 Å². The average Bonchev–Trinajstić information content (AvgIpc) is 2.10. The van der Waals surface area contributed by atoms with Crippen LogP contribution in [0.3, 0.4) is 0 Å². The largest absolute Gasteiger partial charge is 0.324 e. The fraction of sp³-hybridized carbons (Fsp3) is 0.200. The minimum absolute atomic E-state index is 0.104. The zero-order chi connectivity index (χ0) is 10.6. The monoisotopic (exact) mass is 210 g/mol. The van der Waals surface area contributed by atoms with Crippen molar-refractivity contribution in [2.75, 3.05) is 5.32 Å². The van der Waals surface area contributed by atoms with Crippen molar-refractivity contribution in [2.45, 2.75) is 13.3 Å². The molecule has 1 heterocycles. The molecule has 0 atom stereocenters. The van der Waals surface area contributed by atoms with Gasteiger partial charge in [0.1, 0.15) is 5.15 Å². The summed E-state index contributed by atoms with van der Waals surface area (Å²) in [7, 11) is 0. The molecule has 0 fully saturated rings. The number of aromatic nitrogens is 1. The van der Waals surface area contributed by atoms with Gasteiger partial charge in [-0.3, -0.25) is 4.79 Å². The Labute approximate surface area is 87.8 Å². The molecule has 0 aromatic carbocycles. The molecule has 1 aromatic rings. The van der Waals surface area contributed by atoms with Gasteiger partial charge in [-0.2, -0.15) is 0 Å². The number of rotatable bonds is 3. The van der Waals surface area contributed by atoms with Crippen molar-refractivity contribution in [1.29, 1.82) is 0 Å². The Kier molecular flexibility index (Phi) is 3.65. The molecule has 0 radical (unpaired) electrons. The highest BCUT2D eigenvalue weighted by Gasteiger charge is 2.03. The van der Waals surface area contributed by atoms with Crippen LogP contribution < -0.4 is 5.32 Å². The molecular weight excluding hydrogens is 200 g/mol. The first-order chi connectivity index (χ1) is 6.63. The van der Waals surface area contributed by atoms with Crippen LogP contribution in [0.4, 0.5) is 5.69 Å². The first kappa shape index (κ1) is 10.7. The number of amides is 1. The van der Waals surface area contributed by atoms with Crippen LogP contribution in [-0.4, -0.2) is 10.9 Å². The third kappa shape index (κ3) is 2.85. The predicted octanol–water partition coefficient (Wildman–Crippen LogP) is 2.56. The molecular formula is C10H11ClN2O. The summed E-state index contributed by atoms with van der Waals surface area (Å²) in [5.41, 5.74) is 1.39. The van der Waals surface area contributed by atoms with E-state index in [9.17, 15) is 4.79 Å². The van der Waals surface area contributed by atoms with Crippen molar-refractivity contribution in [1.82, 2.24) is 4.98 Å². The van der Waals surface area contributed by atoms with E-state index in [0.29, 0.717) is 23.0 Å². The SMILES string of the molecule is C=CCC(=O)Nc1ccc(Cl)nc1C. The number of anilines is 1. The van der Waals surface area contributed by atoms with Crippen LogP contribution in [0.5, 0.6) is 0 Å². The molecule has 4 heteroatoms. The maximum atomic E-state index is 11.2. The maximum Gasteiger partial charge on any atom is 0.228 e. The topological polar surface area (TPSA) is 42.0 Å². The predicted molar refractivity (Wildman–Crippen MR) is 57.4 cm³/mol. The molecule has 14 heavy (non-hydrogen) atoms. The van der Waals surface area contributed by atoms with E-state index in [1.54, 1.807) is 25.1 Å². The van der Waals surface area contributed by atoms with E-state index in [2.05, 4.69) is 16.9 Å². The summed E-state index contributed by atoms with van der Waals surface area (Å²) in [6.45, 7) is 5.27. The van der Waals surface area contributed by atoms with Crippen LogP contribution in [0, 0.1) is 6.92 Å². The Hall–Kier alpha value is -1.35. The van der Waals surface area contributed by atoms with Crippen molar-refractivity contribution < 1.29 is 4.79 Å². The first-order valence-electron chi connectivity index (χ1n) is 4.17. The number of aryl methyl sites for hydroxylation is 1. The zero-order valence-electron chi connectivity index (χ0n) is 7.88. The van der Waals surface area contributed by atoms with Gasteiger partial charge < -0.3 is 5.32 Å². The number of halogens is 1. The van der Waals surface area contributed by atoms with Crippen LogP contribution in [-0.2, 0) is 4.79 Å². The van der Waals surface area contributed by atoms with Crippen molar-refractivity contribution in [2.24, 2.45) is 0 Å². The van der Waals surface area contributed by atoms with Gasteiger partial charge in [0.25, 0.3) is 0 Å². The Balaban J connectivity index is 2.76. The van der Waals surface area contributed by atoms with Crippen molar-refractivity contribution in [3.8, 4) is 0 Å². The summed E-state index contributed by atoms with van der Waals surface area (Å²) >= 11 is 5.67. The van der Waals surface area contributed by atoms with Gasteiger partial charge in [-0.25, -0.2) is 4.98 Å². The van der Waals surface area contributed by atoms with E-state index in [-0.39, 0.29) is 5.91 Å². The lowest BCUT2D eigenvalue weighted by atomic mass is 10.3. The zero-order valence-corrected chi connectivity index (χ0v) is 8.64. The van der Waals surface area contributed by atoms with Gasteiger partial charge in [-0.15, -0.1) is 6.58 Å². The van der Waals surface area contributed by atoms with E-state index in [0.717, 1.165) is 0 Å². The summed E-state index contributed by atoms with van der Waals surface area (Å²) < 4.78 is 0. The first-order valence-corrected chi connectivity index (χ1v) is 4.55. The average molecular weight is 211 g/mol. The molecule has 1 N–H and O–H groups in total. The van der Waals surface area contributed by atoms with Gasteiger partial charge in [0, 0.05) is 6.42 Å². The van der Waals surface area contributed by atoms with E-state index in [1.807, 2.05) is 0 Å². The lowest BCUT2D eigenvalue weighted by molar-refractivity contribution is -0.115. The lowest BCUT2D eigenvalue weighted by Gasteiger charge is -2.06. The Bertz CT molecular complexity index is 363. The number of carbonyl (C=O) groups excluding carboxylic acids is 1. The van der Waals surface area contributed by atoms with Gasteiger partial charge in [0.15, 0.2) is 0 Å². The van der Waals surface area contributed by atoms with Gasteiger partial charge in [-0.05, 0) is 19.1 Å². The summed E-state index contributed by atoms with van der Waals surface area (Å²) in [5, 5.41) is 3.13. The Morgan fingerprint density at radius 1 is 1.71 bits per heavy atom. The number of hydrogen-bond donors (Lipinski definition) is 1. The smallest absolute Gasteiger partial charge is 0.228 e. The summed E-state index contributed by atoms with van der Waals surface area (Å²) in [5.74, 6) is -0.104. The molecule has 0 aliphatic carbocycles. The van der Waals surface area contributed by atoms with Crippen molar-refractivity contribution in [3.63, 3.8) is 0 Å². The number of nitrogens with zero attached hydrogens (tertiary/aromatic N) is 1. The fourth-order valence-electron chi connectivity index (χ4n) is 0.995. The van der Waals surface area contributed by atoms with E-state index in [4.69, 9.17) is 11.6 Å². The molecule has 0 unspecified atom stereocenters. The number of carbonyl (C=O) groups is 1. The third-order valence-electron chi connectivity index (χ3n) is 1.66. The van der Waals surface area contributed by atoms with Crippen LogP contribution in [0.15, 0.2) is 24.8 Å². The van der Waals surface area contributed by atoms with E-state index >= 15 is 0 Å². The molecule has 1 rings (SSSR count). The minimum atomic E-state index is -0.104. The second-order valence-electron chi connectivity index (χ2n) is 2.81. The van der Waals surface area contributed by atoms with E-state index < -0.39 is 0 Å². The third-order valence-corrected chi connectivity index (χ3v) is 1.87. The van der Waals surface area contributed by atoms with Gasteiger partial charge in [0.05, 0.1) is 11.4 Å². The molecule has 0 spiro atoms. The molecule has 0 saturated carbocycles. The highest BCUT2D eigenvalue weighted by Crippen LogP contribution is 2.15. The number of pyridine rings is 1. The Morgan fingerprint density at radius 2 is 2.43 bits per heavy atom. The van der Waals surface area contributed by atoms with Crippen LogP contribution in [0.25, 0.3) is 0 Å². The van der Waals surface area contributed by atoms with Crippen molar-refractivity contribution >= 4 is 23.2 Å².